The van der Waals surface area contributed by atoms with Gasteiger partial charge in [-0.3, -0.25) is 0 Å². The summed E-state index contributed by atoms with van der Waals surface area (Å²) in [5.41, 5.74) is 0.547. The van der Waals surface area contributed by atoms with Gasteiger partial charge in [-0.15, -0.1) is 0 Å². The molecule has 0 N–H and O–H groups in total. The maximum absolute atomic E-state index is 11.6. The van der Waals surface area contributed by atoms with Gasteiger partial charge in [0.25, 0.3) is 0 Å². The molecule has 0 unspecified atom stereocenters. The van der Waals surface area contributed by atoms with Crippen molar-refractivity contribution >= 4 is 11.9 Å². The number of hydrogen-bond donors (Lipinski definition) is 0. The molecular formula is C16H18O4. The molecule has 0 aliphatic heterocycles. The van der Waals surface area contributed by atoms with Crippen LogP contribution in [0.2, 0.25) is 0 Å². The lowest BCUT2D eigenvalue weighted by Crippen LogP contribution is -2.13. The smallest absolute Gasteiger partial charge is 0.242 e. The maximum atomic E-state index is 11.6. The van der Waals surface area contributed by atoms with E-state index in [1.807, 2.05) is 0 Å². The van der Waals surface area contributed by atoms with E-state index in [1.165, 1.54) is 31.2 Å². The summed E-state index contributed by atoms with van der Waals surface area (Å²) in [7, 11) is 0. The Morgan fingerprint density at radius 3 is 2.10 bits per heavy atom. The highest BCUT2D eigenvalue weighted by molar-refractivity contribution is 5.93. The van der Waals surface area contributed by atoms with Crippen LogP contribution in [0.3, 0.4) is 0 Å². The highest BCUT2D eigenvalue weighted by Crippen LogP contribution is 2.04. The molecule has 0 atom stereocenters. The third kappa shape index (κ3) is 6.96. The van der Waals surface area contributed by atoms with Crippen molar-refractivity contribution < 1.29 is 19.4 Å². The Balaban J connectivity index is 4.51. The van der Waals surface area contributed by atoms with Gasteiger partial charge in [-0.1, -0.05) is 55.7 Å². The minimum absolute atomic E-state index is 0.255. The third-order valence-corrected chi connectivity index (χ3v) is 2.07. The molecule has 0 saturated heterocycles. The van der Waals surface area contributed by atoms with Crippen LogP contribution in [0.15, 0.2) is 72.9 Å². The molecular weight excluding hydrogens is 256 g/mol. The molecule has 0 aromatic heterocycles. The first kappa shape index (κ1) is 17.4. The number of carbonyl (C=O) groups is 2. The van der Waals surface area contributed by atoms with E-state index in [2.05, 4.69) is 22.9 Å². The molecule has 0 aromatic rings. The zero-order valence-corrected chi connectivity index (χ0v) is 11.7. The molecule has 0 fully saturated rings. The Morgan fingerprint density at radius 2 is 1.55 bits per heavy atom. The van der Waals surface area contributed by atoms with E-state index < -0.39 is 11.9 Å². The fourth-order valence-electron chi connectivity index (χ4n) is 0.990. The second-order valence-corrected chi connectivity index (χ2v) is 3.55. The average Bonchev–Trinajstić information content (AvgIpc) is 2.45. The normalized spacial score (nSPS) is 12.5. The summed E-state index contributed by atoms with van der Waals surface area (Å²) < 4.78 is 0. The zero-order chi connectivity index (χ0) is 15.4. The van der Waals surface area contributed by atoms with Gasteiger partial charge in [0.2, 0.25) is 0 Å². The van der Waals surface area contributed by atoms with Crippen molar-refractivity contribution in [2.45, 2.75) is 13.8 Å². The summed E-state index contributed by atoms with van der Waals surface area (Å²) in [6.07, 6.45) is 12.5. The summed E-state index contributed by atoms with van der Waals surface area (Å²) in [5.74, 6) is -1.50. The van der Waals surface area contributed by atoms with E-state index in [1.54, 1.807) is 31.2 Å². The first-order valence-electron chi connectivity index (χ1n) is 5.91. The van der Waals surface area contributed by atoms with E-state index in [9.17, 15) is 9.59 Å². The molecule has 0 bridgehead atoms. The number of hydrogen-bond acceptors (Lipinski definition) is 4. The SMILES string of the molecule is C=C/C=C\C=C(/C)C(=O)OOC(=O)C(/C=C\C=C)=C/C. The largest absolute Gasteiger partial charge is 0.385 e. The molecule has 106 valence electrons. The third-order valence-electron chi connectivity index (χ3n) is 2.07. The van der Waals surface area contributed by atoms with Gasteiger partial charge < -0.3 is 0 Å². The minimum Gasteiger partial charge on any atom is -0.242 e. The molecule has 0 aromatic carbocycles. The fourth-order valence-corrected chi connectivity index (χ4v) is 0.990. The molecule has 0 aliphatic rings. The number of carbonyl (C=O) groups excluding carboxylic acids is 2. The number of allylic oxidation sites excluding steroid dienone is 7. The predicted molar refractivity (Wildman–Crippen MR) is 78.4 cm³/mol. The molecule has 0 spiro atoms. The van der Waals surface area contributed by atoms with E-state index in [-0.39, 0.29) is 5.57 Å². The number of rotatable bonds is 6. The fraction of sp³-hybridized carbons (Fsp3) is 0.125. The Bertz CT molecular complexity index is 491. The minimum atomic E-state index is -0.756. The van der Waals surface area contributed by atoms with Gasteiger partial charge in [-0.25, -0.2) is 19.4 Å². The van der Waals surface area contributed by atoms with Crippen LogP contribution in [0.1, 0.15) is 13.8 Å². The van der Waals surface area contributed by atoms with Crippen LogP contribution in [0, 0.1) is 0 Å². The molecule has 0 saturated carbocycles. The first-order chi connectivity index (χ1) is 9.56. The molecule has 4 nitrogen and oxygen atoms in total. The van der Waals surface area contributed by atoms with Crippen LogP contribution in [-0.2, 0) is 19.4 Å². The van der Waals surface area contributed by atoms with Crippen molar-refractivity contribution in [1.29, 1.82) is 0 Å². The topological polar surface area (TPSA) is 52.6 Å². The summed E-state index contributed by atoms with van der Waals surface area (Å²) in [4.78, 5) is 31.9. The standard InChI is InChI=1S/C16H18O4/c1-5-8-10-11-13(4)15(17)19-20-16(18)14(7-3)12-9-6-2/h5-12H,1-2H2,3-4H3/b10-8-,12-9-,13-11+,14-7+. The monoisotopic (exact) mass is 274 g/mol. The van der Waals surface area contributed by atoms with Crippen molar-refractivity contribution in [1.82, 2.24) is 0 Å². The van der Waals surface area contributed by atoms with Gasteiger partial charge in [0.05, 0.1) is 5.57 Å². The van der Waals surface area contributed by atoms with Gasteiger partial charge in [0.15, 0.2) is 0 Å². The Kier molecular flexibility index (Phi) is 8.96. The van der Waals surface area contributed by atoms with Gasteiger partial charge >= 0.3 is 11.9 Å². The Hall–Kier alpha value is -2.62. The second kappa shape index (κ2) is 10.3. The molecule has 0 heterocycles. The summed E-state index contributed by atoms with van der Waals surface area (Å²) in [6, 6.07) is 0. The van der Waals surface area contributed by atoms with Crippen molar-refractivity contribution in [2.24, 2.45) is 0 Å². The van der Waals surface area contributed by atoms with Crippen molar-refractivity contribution in [3.8, 4) is 0 Å². The van der Waals surface area contributed by atoms with E-state index >= 15 is 0 Å². The second-order valence-electron chi connectivity index (χ2n) is 3.55. The molecule has 0 aliphatic carbocycles. The molecule has 0 amide bonds. The lowest BCUT2D eigenvalue weighted by atomic mass is 10.2. The summed E-state index contributed by atoms with van der Waals surface area (Å²) in [5, 5.41) is 0. The lowest BCUT2D eigenvalue weighted by molar-refractivity contribution is -0.252. The van der Waals surface area contributed by atoms with Gasteiger partial charge in [-0.2, -0.15) is 0 Å². The quantitative estimate of drug-likeness (QED) is 0.322. The van der Waals surface area contributed by atoms with E-state index in [0.29, 0.717) is 5.57 Å². The van der Waals surface area contributed by atoms with Crippen LogP contribution in [0.25, 0.3) is 0 Å². The van der Waals surface area contributed by atoms with Gasteiger partial charge in [0, 0.05) is 5.57 Å². The summed E-state index contributed by atoms with van der Waals surface area (Å²) in [6.45, 7) is 10.2. The van der Waals surface area contributed by atoms with Crippen molar-refractivity contribution in [2.75, 3.05) is 0 Å². The maximum Gasteiger partial charge on any atom is 0.385 e. The van der Waals surface area contributed by atoms with Gasteiger partial charge in [-0.05, 0) is 19.9 Å². The zero-order valence-electron chi connectivity index (χ0n) is 11.7. The van der Waals surface area contributed by atoms with Crippen LogP contribution in [0.5, 0.6) is 0 Å². The Morgan fingerprint density at radius 1 is 0.950 bits per heavy atom. The predicted octanol–water partition coefficient (Wildman–Crippen LogP) is 3.36. The van der Waals surface area contributed by atoms with Gasteiger partial charge in [0.1, 0.15) is 0 Å². The molecule has 20 heavy (non-hydrogen) atoms. The highest BCUT2D eigenvalue weighted by Gasteiger charge is 2.13. The van der Waals surface area contributed by atoms with Crippen molar-refractivity contribution in [3.63, 3.8) is 0 Å². The molecule has 0 rings (SSSR count). The molecule has 0 radical (unpaired) electrons. The van der Waals surface area contributed by atoms with E-state index in [4.69, 9.17) is 0 Å². The van der Waals surface area contributed by atoms with Crippen molar-refractivity contribution in [3.05, 3.63) is 72.9 Å². The first-order valence-corrected chi connectivity index (χ1v) is 5.91. The lowest BCUT2D eigenvalue weighted by Gasteiger charge is -2.03. The van der Waals surface area contributed by atoms with Crippen LogP contribution >= 0.6 is 0 Å². The van der Waals surface area contributed by atoms with Crippen LogP contribution in [0.4, 0.5) is 0 Å². The van der Waals surface area contributed by atoms with Crippen LogP contribution in [-0.4, -0.2) is 11.9 Å². The van der Waals surface area contributed by atoms with Crippen LogP contribution < -0.4 is 0 Å². The highest BCUT2D eigenvalue weighted by atomic mass is 17.2. The molecule has 4 heteroatoms. The Labute approximate surface area is 119 Å². The average molecular weight is 274 g/mol. The van der Waals surface area contributed by atoms with E-state index in [0.717, 1.165) is 0 Å². The summed E-state index contributed by atoms with van der Waals surface area (Å²) >= 11 is 0.